The van der Waals surface area contributed by atoms with E-state index in [-0.39, 0.29) is 30.5 Å². The minimum Gasteiger partial charge on any atom is -0.459 e. The zero-order valence-electron chi connectivity index (χ0n) is 24.4. The highest BCUT2D eigenvalue weighted by molar-refractivity contribution is 6.32. The lowest BCUT2D eigenvalue weighted by Crippen LogP contribution is -2.43. The van der Waals surface area contributed by atoms with Crippen LogP contribution in [-0.4, -0.2) is 58.8 Å². The Balaban J connectivity index is 1.23. The molecule has 2 saturated carbocycles. The number of aromatic nitrogens is 3. The van der Waals surface area contributed by atoms with Crippen molar-refractivity contribution < 1.29 is 32.2 Å². The molecule has 3 aromatic rings. The van der Waals surface area contributed by atoms with Crippen LogP contribution in [0.3, 0.4) is 0 Å². The van der Waals surface area contributed by atoms with Crippen molar-refractivity contribution in [1.82, 2.24) is 20.3 Å². The van der Waals surface area contributed by atoms with Crippen LogP contribution in [-0.2, 0) is 19.9 Å². The molecule has 0 spiro atoms. The second-order valence-electron chi connectivity index (χ2n) is 11.0. The van der Waals surface area contributed by atoms with Gasteiger partial charge in [0.05, 0.1) is 12.1 Å². The van der Waals surface area contributed by atoms with E-state index >= 15 is 0 Å². The molecule has 2 aromatic carbocycles. The summed E-state index contributed by atoms with van der Waals surface area (Å²) in [6, 6.07) is 13.9. The summed E-state index contributed by atoms with van der Waals surface area (Å²) in [6.45, 7) is 0.811. The van der Waals surface area contributed by atoms with Gasteiger partial charge in [-0.3, -0.25) is 4.79 Å². The van der Waals surface area contributed by atoms with E-state index in [9.17, 15) is 22.8 Å². The molecule has 15 heteroatoms. The number of hydrogen-bond donors (Lipinski definition) is 4. The number of benzene rings is 2. The summed E-state index contributed by atoms with van der Waals surface area (Å²) in [5.41, 5.74) is 1.87. The van der Waals surface area contributed by atoms with Crippen LogP contribution in [0, 0.1) is 5.92 Å². The molecular weight excluding hydrogens is 615 g/mol. The monoisotopic (exact) mass is 647 g/mol. The number of amides is 1. The third-order valence-electron chi connectivity index (χ3n) is 7.62. The maximum atomic E-state index is 12.9. The van der Waals surface area contributed by atoms with Gasteiger partial charge in [0.1, 0.15) is 0 Å². The molecule has 240 valence electrons. The van der Waals surface area contributed by atoms with E-state index in [1.54, 1.807) is 31.2 Å². The molecule has 2 unspecified atom stereocenters. The molecule has 2 aliphatic rings. The number of rotatable bonds is 12. The van der Waals surface area contributed by atoms with Crippen molar-refractivity contribution in [1.29, 1.82) is 0 Å². The van der Waals surface area contributed by atoms with Gasteiger partial charge in [0, 0.05) is 29.0 Å². The molecule has 1 heterocycles. The zero-order valence-corrected chi connectivity index (χ0v) is 25.2. The van der Waals surface area contributed by atoms with Gasteiger partial charge in [-0.1, -0.05) is 30.2 Å². The van der Waals surface area contributed by atoms with Gasteiger partial charge in [-0.15, -0.1) is 0 Å². The number of nitrogens with zero attached hydrogens (tertiary/aromatic N) is 3. The summed E-state index contributed by atoms with van der Waals surface area (Å²) in [5, 5.41) is 13.0. The predicted molar refractivity (Wildman–Crippen MR) is 161 cm³/mol. The summed E-state index contributed by atoms with van der Waals surface area (Å²) in [4.78, 5) is 36.3. The standard InChI is InChI=1S/C30H33ClF3N7O4/c1-2-44-25(43)24(42)37-23-5-3-4-18(23)16-35-21-10-12-22(13-11-21)36-26-38-27(40-28(39-26)45-17-30(32,33)34)41-29(14-15-29)19-6-8-20(31)9-7-19/h6-13,18,23,35H,2-5,14-17H2,1H3,(H,37,42)(H2,36,38,39,40,41). The minimum atomic E-state index is -4.57. The van der Waals surface area contributed by atoms with Gasteiger partial charge in [0.25, 0.3) is 0 Å². The highest BCUT2D eigenvalue weighted by Gasteiger charge is 2.45. The largest absolute Gasteiger partial charge is 0.459 e. The van der Waals surface area contributed by atoms with E-state index in [2.05, 4.69) is 36.2 Å². The minimum absolute atomic E-state index is 0.00317. The normalized spacial score (nSPS) is 18.5. The van der Waals surface area contributed by atoms with Crippen LogP contribution >= 0.6 is 11.6 Å². The SMILES string of the molecule is CCOC(=O)C(=O)NC1CCCC1CNc1ccc(Nc2nc(NC3(c4ccc(Cl)cc4)CC3)nc(OCC(F)(F)F)n2)cc1. The van der Waals surface area contributed by atoms with Gasteiger partial charge in [-0.05, 0) is 80.5 Å². The van der Waals surface area contributed by atoms with Crippen LogP contribution in [0.4, 0.5) is 36.4 Å². The fourth-order valence-corrected chi connectivity index (χ4v) is 5.34. The van der Waals surface area contributed by atoms with Crippen molar-refractivity contribution >= 4 is 46.7 Å². The van der Waals surface area contributed by atoms with Gasteiger partial charge in [0.2, 0.25) is 11.9 Å². The lowest BCUT2D eigenvalue weighted by molar-refractivity contribution is -0.155. The molecule has 0 bridgehead atoms. The predicted octanol–water partition coefficient (Wildman–Crippen LogP) is 5.57. The Hall–Kier alpha value is -4.33. The molecule has 0 radical (unpaired) electrons. The highest BCUT2D eigenvalue weighted by atomic mass is 35.5. The number of carbonyl (C=O) groups excluding carboxylic acids is 2. The number of alkyl halides is 3. The van der Waals surface area contributed by atoms with Gasteiger partial charge in [0.15, 0.2) is 6.61 Å². The summed E-state index contributed by atoms with van der Waals surface area (Å²) in [7, 11) is 0. The first-order valence-corrected chi connectivity index (χ1v) is 15.0. The third-order valence-corrected chi connectivity index (χ3v) is 7.88. The van der Waals surface area contributed by atoms with Crippen LogP contribution in [0.2, 0.25) is 5.02 Å². The smallest absolute Gasteiger partial charge is 0.422 e. The number of ether oxygens (including phenoxy) is 2. The summed E-state index contributed by atoms with van der Waals surface area (Å²) < 4.78 is 48.3. The molecule has 11 nitrogen and oxygen atoms in total. The lowest BCUT2D eigenvalue weighted by Gasteiger charge is -2.21. The molecule has 4 N–H and O–H groups in total. The summed E-state index contributed by atoms with van der Waals surface area (Å²) in [6.07, 6.45) is -0.415. The van der Waals surface area contributed by atoms with E-state index in [0.29, 0.717) is 17.3 Å². The highest BCUT2D eigenvalue weighted by Crippen LogP contribution is 2.48. The number of hydrogen-bond acceptors (Lipinski definition) is 10. The summed E-state index contributed by atoms with van der Waals surface area (Å²) in [5.74, 6) is -1.41. The van der Waals surface area contributed by atoms with Gasteiger partial charge < -0.3 is 30.7 Å². The molecule has 2 aliphatic carbocycles. The average Bonchev–Trinajstić information content (AvgIpc) is 3.64. The van der Waals surface area contributed by atoms with Crippen molar-refractivity contribution in [3.8, 4) is 6.01 Å². The first-order valence-electron chi connectivity index (χ1n) is 14.6. The van der Waals surface area contributed by atoms with Crippen LogP contribution in [0.15, 0.2) is 48.5 Å². The molecule has 2 fully saturated rings. The maximum absolute atomic E-state index is 12.9. The van der Waals surface area contributed by atoms with E-state index < -0.39 is 36.2 Å². The first kappa shape index (κ1) is 32.1. The van der Waals surface area contributed by atoms with Crippen LogP contribution in [0.1, 0.15) is 44.6 Å². The number of anilines is 4. The second kappa shape index (κ2) is 13.8. The van der Waals surface area contributed by atoms with E-state index in [0.717, 1.165) is 43.4 Å². The number of nitrogens with one attached hydrogen (secondary N) is 4. The number of carbonyl (C=O) groups is 2. The average molecular weight is 648 g/mol. The van der Waals surface area contributed by atoms with E-state index in [4.69, 9.17) is 21.1 Å². The Labute approximate surface area is 262 Å². The topological polar surface area (TPSA) is 139 Å². The Bertz CT molecular complexity index is 1490. The van der Waals surface area contributed by atoms with Crippen molar-refractivity contribution in [2.75, 3.05) is 35.7 Å². The molecule has 0 aliphatic heterocycles. The molecule has 0 saturated heterocycles. The van der Waals surface area contributed by atoms with Crippen molar-refractivity contribution in [2.45, 2.75) is 56.8 Å². The molecule has 1 aromatic heterocycles. The number of esters is 1. The molecule has 1 amide bonds. The van der Waals surface area contributed by atoms with Gasteiger partial charge in [-0.25, -0.2) is 4.79 Å². The Morgan fingerprint density at radius 1 is 0.978 bits per heavy atom. The van der Waals surface area contributed by atoms with Gasteiger partial charge in [-0.2, -0.15) is 28.1 Å². The maximum Gasteiger partial charge on any atom is 0.422 e. The van der Waals surface area contributed by atoms with Crippen LogP contribution in [0.5, 0.6) is 6.01 Å². The van der Waals surface area contributed by atoms with E-state index in [1.807, 2.05) is 24.3 Å². The van der Waals surface area contributed by atoms with Crippen molar-refractivity contribution in [2.24, 2.45) is 5.92 Å². The van der Waals surface area contributed by atoms with Crippen molar-refractivity contribution in [3.63, 3.8) is 0 Å². The van der Waals surface area contributed by atoms with Gasteiger partial charge >= 0.3 is 24.1 Å². The Morgan fingerprint density at radius 3 is 2.33 bits per heavy atom. The molecule has 45 heavy (non-hydrogen) atoms. The Kier molecular flexibility index (Phi) is 9.80. The van der Waals surface area contributed by atoms with Crippen molar-refractivity contribution in [3.05, 3.63) is 59.1 Å². The fraction of sp³-hybridized carbons (Fsp3) is 0.433. The molecule has 5 rings (SSSR count). The first-order chi connectivity index (χ1) is 21.5. The van der Waals surface area contributed by atoms with E-state index in [1.165, 1.54) is 0 Å². The second-order valence-corrected chi connectivity index (χ2v) is 11.4. The lowest BCUT2D eigenvalue weighted by atomic mass is 10.0. The zero-order chi connectivity index (χ0) is 32.0. The third kappa shape index (κ3) is 8.87. The summed E-state index contributed by atoms with van der Waals surface area (Å²) >= 11 is 6.03. The Morgan fingerprint density at radius 2 is 1.67 bits per heavy atom. The van der Waals surface area contributed by atoms with Crippen LogP contribution < -0.4 is 26.0 Å². The molecule has 2 atom stereocenters. The fourth-order valence-electron chi connectivity index (χ4n) is 5.22. The van der Waals surface area contributed by atoms with Crippen LogP contribution in [0.25, 0.3) is 0 Å². The molecular formula is C30H33ClF3N7O4. The number of halogens is 4. The quantitative estimate of drug-likeness (QED) is 0.146.